The molecule has 0 aliphatic carbocycles. The van der Waals surface area contributed by atoms with E-state index in [1.165, 1.54) is 19.2 Å². The number of carbonyl (C=O) groups is 2. The van der Waals surface area contributed by atoms with Crippen LogP contribution in [0.15, 0.2) is 29.2 Å². The zero-order valence-electron chi connectivity index (χ0n) is 20.3. The summed E-state index contributed by atoms with van der Waals surface area (Å²) in [5.41, 5.74) is 10.1. The molecule has 0 aliphatic rings. The molecule has 2 heterocycles. The Labute approximate surface area is 199 Å². The molecule has 3 aromatic rings. The first kappa shape index (κ1) is 25.3. The van der Waals surface area contributed by atoms with Gasteiger partial charge in [0.1, 0.15) is 0 Å². The molecule has 1 aromatic carbocycles. The fourth-order valence-electron chi connectivity index (χ4n) is 3.89. The van der Waals surface area contributed by atoms with Gasteiger partial charge in [0.05, 0.1) is 17.1 Å². The van der Waals surface area contributed by atoms with Crippen molar-refractivity contribution in [3.8, 4) is 0 Å². The third-order valence-corrected chi connectivity index (χ3v) is 7.59. The molecule has 0 radical (unpaired) electrons. The Kier molecular flexibility index (Phi) is 7.37. The standard InChI is InChI=1S/C23H30N6O4S/c1-14-7-9-18(10-8-14)34(32,33)28(5)13-21(31)26-25-20(30)12-11-19-15(2)22-17(4)27-29(6)23(22)24-16(19)3/h7-10H,11-13H2,1-6H3,(H,25,30)(H,26,31). The second kappa shape index (κ2) is 9.90. The molecule has 0 spiro atoms. The lowest BCUT2D eigenvalue weighted by Crippen LogP contribution is -2.46. The van der Waals surface area contributed by atoms with Crippen molar-refractivity contribution < 1.29 is 18.0 Å². The summed E-state index contributed by atoms with van der Waals surface area (Å²) in [6.07, 6.45) is 0.574. The first-order valence-electron chi connectivity index (χ1n) is 10.8. The number of hydrogen-bond donors (Lipinski definition) is 2. The molecule has 2 N–H and O–H groups in total. The third-order valence-electron chi connectivity index (χ3n) is 5.77. The summed E-state index contributed by atoms with van der Waals surface area (Å²) in [5.74, 6) is -1.04. The average Bonchev–Trinajstić information content (AvgIpc) is 3.05. The highest BCUT2D eigenvalue weighted by Crippen LogP contribution is 2.26. The summed E-state index contributed by atoms with van der Waals surface area (Å²) >= 11 is 0. The number of sulfonamides is 1. The van der Waals surface area contributed by atoms with Crippen LogP contribution in [0.5, 0.6) is 0 Å². The maximum atomic E-state index is 12.6. The normalized spacial score (nSPS) is 11.7. The van der Waals surface area contributed by atoms with Crippen molar-refractivity contribution in [1.82, 2.24) is 29.9 Å². The average molecular weight is 487 g/mol. The second-order valence-electron chi connectivity index (χ2n) is 8.38. The van der Waals surface area contributed by atoms with E-state index in [1.807, 2.05) is 34.7 Å². The lowest BCUT2D eigenvalue weighted by atomic mass is 9.99. The van der Waals surface area contributed by atoms with Crippen molar-refractivity contribution in [3.05, 3.63) is 52.3 Å². The van der Waals surface area contributed by atoms with E-state index in [4.69, 9.17) is 0 Å². The van der Waals surface area contributed by atoms with Crippen LogP contribution in [0.1, 0.15) is 34.5 Å². The van der Waals surface area contributed by atoms with Crippen LogP contribution in [-0.4, -0.2) is 52.9 Å². The Morgan fingerprint density at radius 3 is 2.26 bits per heavy atom. The van der Waals surface area contributed by atoms with E-state index in [1.54, 1.807) is 16.8 Å². The van der Waals surface area contributed by atoms with Crippen LogP contribution < -0.4 is 10.9 Å². The number of hydrogen-bond acceptors (Lipinski definition) is 6. The molecule has 10 nitrogen and oxygen atoms in total. The lowest BCUT2D eigenvalue weighted by molar-refractivity contribution is -0.128. The number of aryl methyl sites for hydroxylation is 5. The summed E-state index contributed by atoms with van der Waals surface area (Å²) in [4.78, 5) is 29.3. The van der Waals surface area contributed by atoms with Gasteiger partial charge in [0.25, 0.3) is 5.91 Å². The SMILES string of the molecule is Cc1ccc(S(=O)(=O)N(C)CC(=O)NNC(=O)CCc2c(C)nc3c(c(C)nn3C)c2C)cc1. The first-order valence-corrected chi connectivity index (χ1v) is 12.3. The Bertz CT molecular complexity index is 1350. The molecule has 3 rings (SSSR count). The van der Waals surface area contributed by atoms with Crippen LogP contribution in [0.4, 0.5) is 0 Å². The van der Waals surface area contributed by atoms with Gasteiger partial charge in [0.15, 0.2) is 5.65 Å². The predicted molar refractivity (Wildman–Crippen MR) is 128 cm³/mol. The fourth-order valence-corrected chi connectivity index (χ4v) is 5.01. The Balaban J connectivity index is 1.56. The lowest BCUT2D eigenvalue weighted by Gasteiger charge is -2.17. The number of hydrazine groups is 1. The summed E-state index contributed by atoms with van der Waals surface area (Å²) < 4.78 is 27.9. The zero-order valence-corrected chi connectivity index (χ0v) is 21.1. The summed E-state index contributed by atoms with van der Waals surface area (Å²) in [5, 5.41) is 5.40. The molecule has 0 unspecified atom stereocenters. The fraction of sp³-hybridized carbons (Fsp3) is 0.391. The molecule has 34 heavy (non-hydrogen) atoms. The Hall–Kier alpha value is -3.31. The number of nitrogens with zero attached hydrogens (tertiary/aromatic N) is 4. The van der Waals surface area contributed by atoms with Crippen LogP contribution in [0, 0.1) is 27.7 Å². The molecule has 0 fully saturated rings. The molecule has 11 heteroatoms. The number of pyridine rings is 1. The quantitative estimate of drug-likeness (QED) is 0.489. The van der Waals surface area contributed by atoms with Crippen LogP contribution >= 0.6 is 0 Å². The topological polar surface area (TPSA) is 126 Å². The van der Waals surface area contributed by atoms with Gasteiger partial charge in [0, 0.05) is 31.6 Å². The van der Waals surface area contributed by atoms with Gasteiger partial charge < -0.3 is 0 Å². The van der Waals surface area contributed by atoms with E-state index in [2.05, 4.69) is 20.9 Å². The van der Waals surface area contributed by atoms with Crippen LogP contribution in [0.3, 0.4) is 0 Å². The van der Waals surface area contributed by atoms with Gasteiger partial charge in [-0.1, -0.05) is 17.7 Å². The molecule has 0 atom stereocenters. The maximum Gasteiger partial charge on any atom is 0.253 e. The third kappa shape index (κ3) is 5.26. The van der Waals surface area contributed by atoms with Gasteiger partial charge in [-0.05, 0) is 57.4 Å². The van der Waals surface area contributed by atoms with Gasteiger partial charge in [-0.25, -0.2) is 13.4 Å². The summed E-state index contributed by atoms with van der Waals surface area (Å²) in [7, 11) is -0.660. The number of benzene rings is 1. The monoisotopic (exact) mass is 486 g/mol. The number of fused-ring (bicyclic) bond motifs is 1. The molecule has 2 amide bonds. The van der Waals surface area contributed by atoms with Gasteiger partial charge >= 0.3 is 0 Å². The van der Waals surface area contributed by atoms with E-state index in [0.717, 1.165) is 43.4 Å². The van der Waals surface area contributed by atoms with Gasteiger partial charge in [-0.15, -0.1) is 0 Å². The van der Waals surface area contributed by atoms with Crippen molar-refractivity contribution in [2.45, 2.75) is 45.4 Å². The molecular formula is C23H30N6O4S. The minimum absolute atomic E-state index is 0.0950. The first-order chi connectivity index (χ1) is 15.9. The number of likely N-dealkylation sites (N-methyl/N-ethyl adjacent to an activating group) is 1. The van der Waals surface area contributed by atoms with Gasteiger partial charge in [-0.3, -0.25) is 25.1 Å². The minimum Gasteiger partial charge on any atom is -0.273 e. The smallest absolute Gasteiger partial charge is 0.253 e. The molecule has 0 saturated carbocycles. The highest BCUT2D eigenvalue weighted by Gasteiger charge is 2.23. The highest BCUT2D eigenvalue weighted by atomic mass is 32.2. The van der Waals surface area contributed by atoms with Gasteiger partial charge in [0.2, 0.25) is 15.9 Å². The van der Waals surface area contributed by atoms with Crippen LogP contribution in [0.25, 0.3) is 11.0 Å². The summed E-state index contributed by atoms with van der Waals surface area (Å²) in [6.45, 7) is 7.23. The van der Waals surface area contributed by atoms with Crippen molar-refractivity contribution in [3.63, 3.8) is 0 Å². The van der Waals surface area contributed by atoms with E-state index in [-0.39, 0.29) is 17.2 Å². The number of nitrogens with one attached hydrogen (secondary N) is 2. The Morgan fingerprint density at radius 2 is 1.62 bits per heavy atom. The van der Waals surface area contributed by atoms with Crippen molar-refractivity contribution in [2.24, 2.45) is 7.05 Å². The summed E-state index contributed by atoms with van der Waals surface area (Å²) in [6, 6.07) is 6.36. The number of amides is 2. The largest absolute Gasteiger partial charge is 0.273 e. The van der Waals surface area contributed by atoms with E-state index in [9.17, 15) is 18.0 Å². The van der Waals surface area contributed by atoms with E-state index < -0.39 is 22.5 Å². The van der Waals surface area contributed by atoms with E-state index in [0.29, 0.717) is 6.42 Å². The van der Waals surface area contributed by atoms with Crippen LogP contribution in [0.2, 0.25) is 0 Å². The van der Waals surface area contributed by atoms with Crippen molar-refractivity contribution >= 4 is 32.9 Å². The van der Waals surface area contributed by atoms with Crippen molar-refractivity contribution in [1.29, 1.82) is 0 Å². The predicted octanol–water partition coefficient (Wildman–Crippen LogP) is 1.60. The van der Waals surface area contributed by atoms with Crippen LogP contribution in [-0.2, 0) is 33.1 Å². The zero-order chi connectivity index (χ0) is 25.2. The molecule has 0 aliphatic heterocycles. The molecule has 0 bridgehead atoms. The highest BCUT2D eigenvalue weighted by molar-refractivity contribution is 7.89. The second-order valence-corrected chi connectivity index (χ2v) is 10.4. The number of aromatic nitrogens is 3. The minimum atomic E-state index is -3.82. The molecular weight excluding hydrogens is 456 g/mol. The molecule has 0 saturated heterocycles. The molecule has 182 valence electrons. The Morgan fingerprint density at radius 1 is 1.00 bits per heavy atom. The maximum absolute atomic E-state index is 12.6. The number of carbonyl (C=O) groups excluding carboxylic acids is 2. The van der Waals surface area contributed by atoms with Gasteiger partial charge in [-0.2, -0.15) is 9.40 Å². The van der Waals surface area contributed by atoms with E-state index >= 15 is 0 Å². The van der Waals surface area contributed by atoms with Crippen molar-refractivity contribution in [2.75, 3.05) is 13.6 Å². The number of rotatable bonds is 7. The molecule has 2 aromatic heterocycles.